The van der Waals surface area contributed by atoms with Crippen LogP contribution in [0.15, 0.2) is 18.2 Å². The summed E-state index contributed by atoms with van der Waals surface area (Å²) in [5.41, 5.74) is 2.57. The zero-order chi connectivity index (χ0) is 14.6. The molecule has 1 aromatic carbocycles. The molecule has 5 rings (SSSR count). The summed E-state index contributed by atoms with van der Waals surface area (Å²) in [6, 6.07) is 7.15. The molecule has 2 heteroatoms. The molecule has 4 aliphatic rings. The molecule has 4 bridgehead atoms. The molecular formula is C19H26ClN. The van der Waals surface area contributed by atoms with Crippen molar-refractivity contribution in [1.29, 1.82) is 0 Å². The summed E-state index contributed by atoms with van der Waals surface area (Å²) < 4.78 is 0. The van der Waals surface area contributed by atoms with Gasteiger partial charge in [-0.25, -0.2) is 0 Å². The van der Waals surface area contributed by atoms with Gasteiger partial charge in [0.15, 0.2) is 0 Å². The SMILES string of the molecule is CNC(c1ccc(C)c(Cl)c1)C1C2CC3CC(C2)CC1C3. The number of rotatable bonds is 3. The second-order valence-corrected chi connectivity index (χ2v) is 8.19. The monoisotopic (exact) mass is 303 g/mol. The quantitative estimate of drug-likeness (QED) is 0.830. The highest BCUT2D eigenvalue weighted by Crippen LogP contribution is 2.59. The average molecular weight is 304 g/mol. The minimum absolute atomic E-state index is 0.484. The van der Waals surface area contributed by atoms with E-state index in [1.807, 2.05) is 0 Å². The van der Waals surface area contributed by atoms with Crippen molar-refractivity contribution in [3.05, 3.63) is 34.3 Å². The molecule has 0 saturated heterocycles. The number of hydrogen-bond donors (Lipinski definition) is 1. The van der Waals surface area contributed by atoms with Crippen LogP contribution in [0.2, 0.25) is 5.02 Å². The van der Waals surface area contributed by atoms with Crippen LogP contribution >= 0.6 is 11.6 Å². The Morgan fingerprint density at radius 2 is 1.67 bits per heavy atom. The fourth-order valence-electron chi connectivity index (χ4n) is 5.90. The van der Waals surface area contributed by atoms with Crippen molar-refractivity contribution >= 4 is 11.6 Å². The highest BCUT2D eigenvalue weighted by Gasteiger charge is 2.50. The minimum Gasteiger partial charge on any atom is -0.313 e. The van der Waals surface area contributed by atoms with Crippen LogP contribution in [0.5, 0.6) is 0 Å². The lowest BCUT2D eigenvalue weighted by Crippen LogP contribution is -2.49. The van der Waals surface area contributed by atoms with E-state index in [4.69, 9.17) is 11.6 Å². The number of nitrogens with one attached hydrogen (secondary N) is 1. The number of benzene rings is 1. The van der Waals surface area contributed by atoms with Crippen LogP contribution in [0.1, 0.15) is 49.3 Å². The Labute approximate surface area is 133 Å². The van der Waals surface area contributed by atoms with Crippen molar-refractivity contribution in [2.75, 3.05) is 7.05 Å². The number of hydrogen-bond acceptors (Lipinski definition) is 1. The minimum atomic E-state index is 0.484. The summed E-state index contributed by atoms with van der Waals surface area (Å²) in [4.78, 5) is 0. The van der Waals surface area contributed by atoms with E-state index in [1.54, 1.807) is 0 Å². The molecule has 21 heavy (non-hydrogen) atoms. The van der Waals surface area contributed by atoms with Gasteiger partial charge in [0, 0.05) is 11.1 Å². The third-order valence-electron chi connectivity index (χ3n) is 6.55. The van der Waals surface area contributed by atoms with Crippen molar-refractivity contribution in [1.82, 2.24) is 5.32 Å². The van der Waals surface area contributed by atoms with E-state index in [2.05, 4.69) is 37.5 Å². The molecule has 1 N–H and O–H groups in total. The van der Waals surface area contributed by atoms with Crippen molar-refractivity contribution in [3.8, 4) is 0 Å². The van der Waals surface area contributed by atoms with Crippen molar-refractivity contribution in [3.63, 3.8) is 0 Å². The maximum atomic E-state index is 6.38. The lowest BCUT2D eigenvalue weighted by atomic mass is 9.50. The average Bonchev–Trinajstić information content (AvgIpc) is 2.45. The molecule has 4 saturated carbocycles. The van der Waals surface area contributed by atoms with E-state index in [9.17, 15) is 0 Å². The fourth-order valence-corrected chi connectivity index (χ4v) is 6.08. The molecule has 0 radical (unpaired) electrons. The van der Waals surface area contributed by atoms with E-state index in [1.165, 1.54) is 43.2 Å². The van der Waals surface area contributed by atoms with Gasteiger partial charge in [-0.05, 0) is 92.9 Å². The molecule has 0 amide bonds. The Kier molecular flexibility index (Phi) is 3.54. The molecule has 4 fully saturated rings. The Hall–Kier alpha value is -0.530. The summed E-state index contributed by atoms with van der Waals surface area (Å²) in [5, 5.41) is 4.55. The molecule has 1 aromatic rings. The Bertz CT molecular complexity index is 510. The first-order valence-electron chi connectivity index (χ1n) is 8.59. The molecule has 4 aliphatic carbocycles. The predicted octanol–water partition coefficient (Wildman–Crippen LogP) is 4.98. The largest absolute Gasteiger partial charge is 0.313 e. The number of aryl methyl sites for hydroxylation is 1. The zero-order valence-corrected chi connectivity index (χ0v) is 13.9. The van der Waals surface area contributed by atoms with Gasteiger partial charge in [-0.3, -0.25) is 0 Å². The van der Waals surface area contributed by atoms with Crippen LogP contribution in [-0.4, -0.2) is 7.05 Å². The Morgan fingerprint density at radius 3 is 2.19 bits per heavy atom. The predicted molar refractivity (Wildman–Crippen MR) is 88.5 cm³/mol. The van der Waals surface area contributed by atoms with Gasteiger partial charge in [-0.1, -0.05) is 23.7 Å². The molecule has 0 heterocycles. The van der Waals surface area contributed by atoms with Crippen LogP contribution in [0.25, 0.3) is 0 Å². The van der Waals surface area contributed by atoms with Crippen molar-refractivity contribution in [2.45, 2.75) is 45.1 Å². The molecule has 114 valence electrons. The summed E-state index contributed by atoms with van der Waals surface area (Å²) in [5.74, 6) is 4.80. The summed E-state index contributed by atoms with van der Waals surface area (Å²) in [6.45, 7) is 2.09. The van der Waals surface area contributed by atoms with Crippen LogP contribution in [0.3, 0.4) is 0 Å². The van der Waals surface area contributed by atoms with E-state index < -0.39 is 0 Å². The molecule has 0 aliphatic heterocycles. The van der Waals surface area contributed by atoms with Gasteiger partial charge >= 0.3 is 0 Å². The first kappa shape index (κ1) is 14.1. The molecular weight excluding hydrogens is 278 g/mol. The lowest BCUT2D eigenvalue weighted by Gasteiger charge is -2.56. The molecule has 0 aromatic heterocycles. The summed E-state index contributed by atoms with van der Waals surface area (Å²) >= 11 is 6.38. The normalized spacial score (nSPS) is 38.7. The highest BCUT2D eigenvalue weighted by molar-refractivity contribution is 6.31. The third kappa shape index (κ3) is 2.33. The van der Waals surface area contributed by atoms with E-state index >= 15 is 0 Å². The van der Waals surface area contributed by atoms with Gasteiger partial charge in [0.05, 0.1) is 0 Å². The van der Waals surface area contributed by atoms with Crippen LogP contribution in [-0.2, 0) is 0 Å². The highest BCUT2D eigenvalue weighted by atomic mass is 35.5. The first-order valence-corrected chi connectivity index (χ1v) is 8.96. The van der Waals surface area contributed by atoms with Crippen molar-refractivity contribution < 1.29 is 0 Å². The van der Waals surface area contributed by atoms with Gasteiger partial charge < -0.3 is 5.32 Å². The smallest absolute Gasteiger partial charge is 0.0438 e. The zero-order valence-electron chi connectivity index (χ0n) is 13.1. The molecule has 1 unspecified atom stereocenters. The first-order chi connectivity index (χ1) is 10.2. The standard InChI is InChI=1S/C19H26ClN/c1-11-3-4-14(10-17(11)20)19(21-2)18-15-6-12-5-13(8-15)9-16(18)7-12/h3-4,10,12-13,15-16,18-19,21H,5-9H2,1-2H3. The van der Waals surface area contributed by atoms with Gasteiger partial charge in [-0.2, -0.15) is 0 Å². The topological polar surface area (TPSA) is 12.0 Å². The van der Waals surface area contributed by atoms with E-state index in [0.29, 0.717) is 6.04 Å². The second kappa shape index (κ2) is 5.28. The van der Waals surface area contributed by atoms with Crippen LogP contribution < -0.4 is 5.32 Å². The Balaban J connectivity index is 1.65. The van der Waals surface area contributed by atoms with E-state index in [-0.39, 0.29) is 0 Å². The Morgan fingerprint density at radius 1 is 1.05 bits per heavy atom. The van der Waals surface area contributed by atoms with Crippen LogP contribution in [0, 0.1) is 36.5 Å². The van der Waals surface area contributed by atoms with Gasteiger partial charge in [0.1, 0.15) is 0 Å². The van der Waals surface area contributed by atoms with Gasteiger partial charge in [0.25, 0.3) is 0 Å². The number of halogens is 1. The maximum absolute atomic E-state index is 6.38. The molecule has 1 atom stereocenters. The van der Waals surface area contributed by atoms with Crippen LogP contribution in [0.4, 0.5) is 0 Å². The van der Waals surface area contributed by atoms with Gasteiger partial charge in [0.2, 0.25) is 0 Å². The lowest BCUT2D eigenvalue weighted by molar-refractivity contribution is -0.0515. The van der Waals surface area contributed by atoms with Crippen molar-refractivity contribution in [2.24, 2.45) is 29.6 Å². The third-order valence-corrected chi connectivity index (χ3v) is 6.96. The van der Waals surface area contributed by atoms with Gasteiger partial charge in [-0.15, -0.1) is 0 Å². The second-order valence-electron chi connectivity index (χ2n) is 7.78. The molecule has 0 spiro atoms. The summed E-state index contributed by atoms with van der Waals surface area (Å²) in [6.07, 6.45) is 7.45. The molecule has 1 nitrogen and oxygen atoms in total. The maximum Gasteiger partial charge on any atom is 0.0438 e. The fraction of sp³-hybridized carbons (Fsp3) is 0.684. The van der Waals surface area contributed by atoms with E-state index in [0.717, 1.165) is 34.6 Å². The summed E-state index contributed by atoms with van der Waals surface area (Å²) in [7, 11) is 2.13.